The van der Waals surface area contributed by atoms with E-state index in [-0.39, 0.29) is 18.9 Å². The Balaban J connectivity index is 0. The van der Waals surface area contributed by atoms with Gasteiger partial charge in [0, 0.05) is 6.54 Å². The van der Waals surface area contributed by atoms with Crippen LogP contribution in [0, 0.1) is 0 Å². The number of nitrogens with two attached hydrogens (primary N) is 4. The van der Waals surface area contributed by atoms with Crippen LogP contribution in [-0.2, 0) is 14.4 Å². The minimum atomic E-state index is -1.11. The monoisotopic (exact) mass is 320 g/mol. The van der Waals surface area contributed by atoms with Crippen LogP contribution in [0.15, 0.2) is 4.99 Å². The van der Waals surface area contributed by atoms with Gasteiger partial charge in [-0.1, -0.05) is 0 Å². The molecule has 0 aliphatic rings. The Kier molecular flexibility index (Phi) is 12.3. The number of carboxylic acid groups (broad SMARTS) is 2. The summed E-state index contributed by atoms with van der Waals surface area (Å²) < 4.78 is 0. The molecule has 0 saturated heterocycles. The number of carbonyl (C=O) groups excluding carboxylic acids is 1. The van der Waals surface area contributed by atoms with Crippen molar-refractivity contribution >= 4 is 23.8 Å². The van der Waals surface area contributed by atoms with Gasteiger partial charge in [-0.15, -0.1) is 0 Å². The van der Waals surface area contributed by atoms with E-state index in [2.05, 4.69) is 16.0 Å². The van der Waals surface area contributed by atoms with E-state index >= 15 is 0 Å². The lowest BCUT2D eigenvalue weighted by atomic mass is 10.1. The summed E-state index contributed by atoms with van der Waals surface area (Å²) in [4.78, 5) is 35.0. The average molecular weight is 320 g/mol. The van der Waals surface area contributed by atoms with Gasteiger partial charge in [0.05, 0.1) is 12.6 Å². The van der Waals surface area contributed by atoms with Gasteiger partial charge in [0.1, 0.15) is 6.04 Å². The first kappa shape index (κ1) is 21.9. The van der Waals surface area contributed by atoms with E-state index in [4.69, 9.17) is 27.4 Å². The Labute approximate surface area is 127 Å². The quantitative estimate of drug-likeness (QED) is 0.137. The number of amides is 1. The summed E-state index contributed by atoms with van der Waals surface area (Å²) in [6.45, 7) is 1.52. The van der Waals surface area contributed by atoms with Crippen molar-refractivity contribution in [3.8, 4) is 0 Å². The van der Waals surface area contributed by atoms with Gasteiger partial charge in [0.2, 0.25) is 5.91 Å². The van der Waals surface area contributed by atoms with Crippen LogP contribution in [-0.4, -0.2) is 59.2 Å². The molecule has 0 rings (SSSR count). The lowest BCUT2D eigenvalue weighted by molar-refractivity contribution is -0.142. The van der Waals surface area contributed by atoms with Gasteiger partial charge in [0.15, 0.2) is 5.96 Å². The standard InChI is InChI=1S/C9H19N5O3.C2H5NO2/c1-5(10)7(15)14-6(8(16)17)3-2-4-13-9(11)12;3-1-2(4)5/h5-6H,2-4,10H2,1H3,(H,14,15)(H,16,17)(H4,11,12,13);1,3H2,(H,4,5)/t5-,6-;/m0./s1. The van der Waals surface area contributed by atoms with Crippen LogP contribution >= 0.6 is 0 Å². The average Bonchev–Trinajstić information content (AvgIpc) is 2.41. The van der Waals surface area contributed by atoms with Gasteiger partial charge >= 0.3 is 11.9 Å². The summed E-state index contributed by atoms with van der Waals surface area (Å²) in [5, 5.41) is 18.8. The van der Waals surface area contributed by atoms with Gasteiger partial charge < -0.3 is 38.5 Å². The molecule has 22 heavy (non-hydrogen) atoms. The third-order valence-corrected chi connectivity index (χ3v) is 2.15. The summed E-state index contributed by atoms with van der Waals surface area (Å²) in [5.41, 5.74) is 20.1. The molecule has 0 radical (unpaired) electrons. The van der Waals surface area contributed by atoms with Gasteiger partial charge in [-0.3, -0.25) is 14.6 Å². The van der Waals surface area contributed by atoms with E-state index in [1.807, 2.05) is 0 Å². The second kappa shape index (κ2) is 12.3. The lowest BCUT2D eigenvalue weighted by Crippen LogP contribution is -2.47. The molecule has 0 heterocycles. The molecule has 11 heteroatoms. The molecule has 0 aromatic heterocycles. The highest BCUT2D eigenvalue weighted by molar-refractivity contribution is 5.86. The Morgan fingerprint density at radius 3 is 2.05 bits per heavy atom. The second-order valence-electron chi connectivity index (χ2n) is 4.23. The number of aliphatic carboxylic acids is 2. The minimum absolute atomic E-state index is 0.0449. The zero-order valence-corrected chi connectivity index (χ0v) is 12.4. The highest BCUT2D eigenvalue weighted by atomic mass is 16.4. The number of guanidine groups is 1. The van der Waals surface area contributed by atoms with Crippen LogP contribution in [0.5, 0.6) is 0 Å². The first-order valence-corrected chi connectivity index (χ1v) is 6.37. The summed E-state index contributed by atoms with van der Waals surface area (Å²) in [7, 11) is 0. The van der Waals surface area contributed by atoms with Crippen molar-refractivity contribution in [2.45, 2.75) is 31.8 Å². The van der Waals surface area contributed by atoms with E-state index in [1.165, 1.54) is 6.92 Å². The second-order valence-corrected chi connectivity index (χ2v) is 4.23. The molecule has 1 amide bonds. The third kappa shape index (κ3) is 14.0. The largest absolute Gasteiger partial charge is 0.480 e. The maximum absolute atomic E-state index is 11.2. The summed E-state index contributed by atoms with van der Waals surface area (Å²) in [6, 6.07) is -1.71. The highest BCUT2D eigenvalue weighted by Crippen LogP contribution is 1.99. The topological polar surface area (TPSA) is 220 Å². The van der Waals surface area contributed by atoms with Crippen molar-refractivity contribution in [1.82, 2.24) is 5.32 Å². The predicted molar refractivity (Wildman–Crippen MR) is 79.8 cm³/mol. The summed E-state index contributed by atoms with van der Waals surface area (Å²) in [5.74, 6) is -2.62. The molecule has 0 unspecified atom stereocenters. The van der Waals surface area contributed by atoms with E-state index in [9.17, 15) is 14.4 Å². The van der Waals surface area contributed by atoms with Crippen molar-refractivity contribution < 1.29 is 24.6 Å². The van der Waals surface area contributed by atoms with Crippen LogP contribution in [0.4, 0.5) is 0 Å². The maximum Gasteiger partial charge on any atom is 0.326 e. The number of nitrogens with one attached hydrogen (secondary N) is 1. The number of hydrogen-bond acceptors (Lipinski definition) is 6. The smallest absolute Gasteiger partial charge is 0.326 e. The van der Waals surface area contributed by atoms with Gasteiger partial charge in [0.25, 0.3) is 0 Å². The molecule has 128 valence electrons. The molecule has 11 N–H and O–H groups in total. The first-order valence-electron chi connectivity index (χ1n) is 6.37. The van der Waals surface area contributed by atoms with E-state index in [1.54, 1.807) is 0 Å². The van der Waals surface area contributed by atoms with Crippen molar-refractivity contribution in [3.05, 3.63) is 0 Å². The van der Waals surface area contributed by atoms with Gasteiger partial charge in [-0.2, -0.15) is 0 Å². The van der Waals surface area contributed by atoms with Crippen molar-refractivity contribution in [2.75, 3.05) is 13.1 Å². The Hall–Kier alpha value is -2.40. The molecule has 0 bridgehead atoms. The lowest BCUT2D eigenvalue weighted by Gasteiger charge is -2.15. The Morgan fingerprint density at radius 1 is 1.23 bits per heavy atom. The Bertz CT molecular complexity index is 394. The Morgan fingerprint density at radius 2 is 1.73 bits per heavy atom. The van der Waals surface area contributed by atoms with E-state index in [0.29, 0.717) is 13.0 Å². The molecule has 2 atom stereocenters. The molecule has 0 fully saturated rings. The van der Waals surface area contributed by atoms with Crippen LogP contribution in [0.25, 0.3) is 0 Å². The summed E-state index contributed by atoms with van der Waals surface area (Å²) in [6.07, 6.45) is 0.693. The van der Waals surface area contributed by atoms with Crippen LogP contribution in [0.2, 0.25) is 0 Å². The van der Waals surface area contributed by atoms with Crippen LogP contribution < -0.4 is 28.3 Å². The van der Waals surface area contributed by atoms with Crippen molar-refractivity contribution in [1.29, 1.82) is 0 Å². The molecular formula is C11H24N6O5. The third-order valence-electron chi connectivity index (χ3n) is 2.15. The van der Waals surface area contributed by atoms with Gasteiger partial charge in [-0.05, 0) is 19.8 Å². The van der Waals surface area contributed by atoms with Gasteiger partial charge in [-0.25, -0.2) is 4.79 Å². The molecule has 0 aliphatic carbocycles. The fraction of sp³-hybridized carbons (Fsp3) is 0.636. The molecular weight excluding hydrogens is 296 g/mol. The molecule has 0 saturated carbocycles. The molecule has 0 spiro atoms. The van der Waals surface area contributed by atoms with E-state index < -0.39 is 29.9 Å². The fourth-order valence-electron chi connectivity index (χ4n) is 1.06. The minimum Gasteiger partial charge on any atom is -0.480 e. The zero-order valence-electron chi connectivity index (χ0n) is 12.4. The molecule has 11 nitrogen and oxygen atoms in total. The maximum atomic E-state index is 11.2. The number of carboxylic acids is 2. The van der Waals surface area contributed by atoms with Crippen molar-refractivity contribution in [3.63, 3.8) is 0 Å². The SMILES string of the molecule is C[C@H](N)C(=O)N[C@@H](CCCN=C(N)N)C(=O)O.NCC(=O)O. The van der Waals surface area contributed by atoms with Crippen LogP contribution in [0.1, 0.15) is 19.8 Å². The normalized spacial score (nSPS) is 12.1. The number of nitrogens with zero attached hydrogens (tertiary/aromatic N) is 1. The van der Waals surface area contributed by atoms with Crippen molar-refractivity contribution in [2.24, 2.45) is 27.9 Å². The number of aliphatic imine (C=N–C) groups is 1. The molecule has 0 aromatic carbocycles. The summed E-state index contributed by atoms with van der Waals surface area (Å²) >= 11 is 0. The number of carbonyl (C=O) groups is 3. The molecule has 0 aliphatic heterocycles. The number of rotatable bonds is 8. The van der Waals surface area contributed by atoms with E-state index in [0.717, 1.165) is 0 Å². The zero-order chi connectivity index (χ0) is 17.7. The molecule has 0 aromatic rings. The van der Waals surface area contributed by atoms with Crippen LogP contribution in [0.3, 0.4) is 0 Å². The predicted octanol–water partition coefficient (Wildman–Crippen LogP) is -3.01. The number of hydrogen-bond donors (Lipinski definition) is 7. The first-order chi connectivity index (χ1) is 10.1. The highest BCUT2D eigenvalue weighted by Gasteiger charge is 2.20. The fourth-order valence-corrected chi connectivity index (χ4v) is 1.06.